The van der Waals surface area contributed by atoms with Gasteiger partial charge in [0.05, 0.1) is 22.1 Å². The lowest BCUT2D eigenvalue weighted by atomic mass is 10.3. The van der Waals surface area contributed by atoms with Gasteiger partial charge in [0.15, 0.2) is 0 Å². The fourth-order valence-electron chi connectivity index (χ4n) is 1.99. The van der Waals surface area contributed by atoms with E-state index in [0.717, 1.165) is 0 Å². The van der Waals surface area contributed by atoms with Crippen LogP contribution >= 0.6 is 0 Å². The number of rotatable bonds is 2. The van der Waals surface area contributed by atoms with E-state index in [4.69, 9.17) is 0 Å². The third kappa shape index (κ3) is 3.38. The number of halogens is 6. The Balaban J connectivity index is 1.89. The number of H-pyrrole nitrogens is 2. The summed E-state index contributed by atoms with van der Waals surface area (Å²) in [5, 5.41) is 3.06. The van der Waals surface area contributed by atoms with Gasteiger partial charge in [-0.25, -0.2) is 9.97 Å². The highest BCUT2D eigenvalue weighted by atomic mass is 19.4. The van der Waals surface area contributed by atoms with Crippen molar-refractivity contribution in [1.29, 1.82) is 0 Å². The molecule has 0 radical (unpaired) electrons. The van der Waals surface area contributed by atoms with Gasteiger partial charge >= 0.3 is 24.2 Å². The van der Waals surface area contributed by atoms with Gasteiger partial charge in [0.1, 0.15) is 0 Å². The number of carbonyl (C=O) groups excluding carboxylic acids is 2. The van der Waals surface area contributed by atoms with Crippen LogP contribution in [-0.2, 0) is 9.59 Å². The van der Waals surface area contributed by atoms with Crippen molar-refractivity contribution >= 4 is 45.8 Å². The Bertz CT molecular complexity index is 888. The van der Waals surface area contributed by atoms with Crippen LogP contribution in [0.5, 0.6) is 0 Å². The van der Waals surface area contributed by atoms with E-state index in [-0.39, 0.29) is 22.1 Å². The zero-order valence-corrected chi connectivity index (χ0v) is 12.1. The molecule has 0 saturated carbocycles. The van der Waals surface area contributed by atoms with E-state index in [1.807, 2.05) is 0 Å². The smallest absolute Gasteiger partial charge is 0.324 e. The Labute approximate surface area is 138 Å². The van der Waals surface area contributed by atoms with E-state index < -0.39 is 36.1 Å². The van der Waals surface area contributed by atoms with Crippen molar-refractivity contribution in [3.63, 3.8) is 0 Å². The second-order valence-electron chi connectivity index (χ2n) is 4.96. The summed E-state index contributed by atoms with van der Waals surface area (Å²) < 4.78 is 73.3. The van der Waals surface area contributed by atoms with E-state index in [9.17, 15) is 35.9 Å². The number of anilines is 2. The van der Waals surface area contributed by atoms with E-state index in [1.165, 1.54) is 22.8 Å². The third-order valence-electron chi connectivity index (χ3n) is 3.06. The largest absolute Gasteiger partial charge is 0.471 e. The number of carbonyl (C=O) groups is 2. The van der Waals surface area contributed by atoms with Crippen molar-refractivity contribution in [2.45, 2.75) is 12.4 Å². The summed E-state index contributed by atoms with van der Waals surface area (Å²) in [6.45, 7) is 0. The molecule has 0 aliphatic carbocycles. The molecule has 0 bridgehead atoms. The lowest BCUT2D eigenvalue weighted by Crippen LogP contribution is -2.30. The second kappa shape index (κ2) is 5.60. The van der Waals surface area contributed by atoms with Crippen LogP contribution in [0.15, 0.2) is 12.1 Å². The number of hydrogen-bond acceptors (Lipinski definition) is 4. The molecule has 3 rings (SSSR count). The normalized spacial score (nSPS) is 12.5. The molecule has 26 heavy (non-hydrogen) atoms. The summed E-state index contributed by atoms with van der Waals surface area (Å²) in [4.78, 5) is 34.0. The summed E-state index contributed by atoms with van der Waals surface area (Å²) >= 11 is 0. The first kappa shape index (κ1) is 17.5. The Morgan fingerprint density at radius 3 is 1.50 bits per heavy atom. The minimum Gasteiger partial charge on any atom is -0.324 e. The predicted octanol–water partition coefficient (Wildman–Crippen LogP) is 2.44. The van der Waals surface area contributed by atoms with Crippen LogP contribution in [0.3, 0.4) is 0 Å². The zero-order valence-electron chi connectivity index (χ0n) is 12.1. The van der Waals surface area contributed by atoms with Gasteiger partial charge in [0.2, 0.25) is 11.9 Å². The maximum absolute atomic E-state index is 12.2. The molecule has 2 amide bonds. The van der Waals surface area contributed by atoms with E-state index >= 15 is 0 Å². The topological polar surface area (TPSA) is 116 Å². The Morgan fingerprint density at radius 1 is 0.769 bits per heavy atom. The van der Waals surface area contributed by atoms with Crippen LogP contribution in [0.4, 0.5) is 38.2 Å². The molecule has 0 aliphatic rings. The molecule has 3 aromatic rings. The molecule has 2 heterocycles. The number of nitrogens with zero attached hydrogens (tertiary/aromatic N) is 2. The van der Waals surface area contributed by atoms with Crippen LogP contribution in [0, 0.1) is 0 Å². The summed E-state index contributed by atoms with van der Waals surface area (Å²) in [7, 11) is 0. The molecule has 1 aromatic carbocycles. The van der Waals surface area contributed by atoms with Gasteiger partial charge in [-0.3, -0.25) is 20.2 Å². The minimum absolute atomic E-state index is 0.0928. The number of aromatic nitrogens is 4. The van der Waals surface area contributed by atoms with Crippen LogP contribution in [0.25, 0.3) is 22.1 Å². The second-order valence-corrected chi connectivity index (χ2v) is 4.96. The van der Waals surface area contributed by atoms with Gasteiger partial charge in [-0.15, -0.1) is 0 Å². The lowest BCUT2D eigenvalue weighted by Gasteiger charge is -2.04. The molecule has 138 valence electrons. The summed E-state index contributed by atoms with van der Waals surface area (Å²) in [5.74, 6) is -5.39. The zero-order chi connectivity index (χ0) is 19.3. The van der Waals surface area contributed by atoms with Crippen molar-refractivity contribution in [2.24, 2.45) is 0 Å². The van der Waals surface area contributed by atoms with Crippen LogP contribution in [0.1, 0.15) is 0 Å². The molecule has 0 spiro atoms. The van der Waals surface area contributed by atoms with Crippen molar-refractivity contribution < 1.29 is 35.9 Å². The maximum Gasteiger partial charge on any atom is 0.471 e. The molecule has 0 saturated heterocycles. The molecule has 8 nitrogen and oxygen atoms in total. The number of amides is 2. The monoisotopic (exact) mass is 380 g/mol. The van der Waals surface area contributed by atoms with Gasteiger partial charge < -0.3 is 9.97 Å². The summed E-state index contributed by atoms with van der Waals surface area (Å²) in [6, 6.07) is 2.53. The van der Waals surface area contributed by atoms with Crippen LogP contribution < -0.4 is 10.6 Å². The molecule has 0 aliphatic heterocycles. The number of benzene rings is 1. The average Bonchev–Trinajstić information content (AvgIpc) is 3.03. The van der Waals surface area contributed by atoms with Crippen molar-refractivity contribution in [3.8, 4) is 0 Å². The van der Waals surface area contributed by atoms with E-state index in [1.54, 1.807) is 0 Å². The molecular formula is C12H6F6N6O2. The van der Waals surface area contributed by atoms with E-state index in [2.05, 4.69) is 19.9 Å². The molecule has 14 heteroatoms. The van der Waals surface area contributed by atoms with Gasteiger partial charge in [0.25, 0.3) is 0 Å². The highest BCUT2D eigenvalue weighted by Gasteiger charge is 2.40. The summed E-state index contributed by atoms with van der Waals surface area (Å²) in [6.07, 6.45) is -10.2. The molecule has 2 aromatic heterocycles. The molecule has 0 fully saturated rings. The number of alkyl halides is 6. The lowest BCUT2D eigenvalue weighted by molar-refractivity contribution is -0.167. The van der Waals surface area contributed by atoms with Crippen LogP contribution in [-0.4, -0.2) is 44.1 Å². The molecular weight excluding hydrogens is 374 g/mol. The SMILES string of the molecule is O=C(Nc1nc2cc3nc(NC(=O)C(F)(F)F)[nH]c3cc2[nH]1)C(F)(F)F. The fraction of sp³-hybridized carbons (Fsp3) is 0.167. The number of imidazole rings is 2. The molecule has 0 unspecified atom stereocenters. The Morgan fingerprint density at radius 2 is 1.15 bits per heavy atom. The summed E-state index contributed by atoms with van der Waals surface area (Å²) in [5.41, 5.74) is 0.532. The first-order chi connectivity index (χ1) is 11.9. The minimum atomic E-state index is -5.10. The van der Waals surface area contributed by atoms with Crippen molar-refractivity contribution in [1.82, 2.24) is 19.9 Å². The predicted molar refractivity (Wildman–Crippen MR) is 75.1 cm³/mol. The highest BCUT2D eigenvalue weighted by molar-refractivity contribution is 5.98. The third-order valence-corrected chi connectivity index (χ3v) is 3.06. The Kier molecular flexibility index (Phi) is 3.77. The molecule has 0 atom stereocenters. The fourth-order valence-corrected chi connectivity index (χ4v) is 1.99. The van der Waals surface area contributed by atoms with Gasteiger partial charge in [-0.1, -0.05) is 0 Å². The van der Waals surface area contributed by atoms with E-state index in [0.29, 0.717) is 0 Å². The number of hydrogen-bond donors (Lipinski definition) is 4. The average molecular weight is 380 g/mol. The Hall–Kier alpha value is -3.32. The van der Waals surface area contributed by atoms with Crippen molar-refractivity contribution in [3.05, 3.63) is 12.1 Å². The van der Waals surface area contributed by atoms with Gasteiger partial charge in [-0.2, -0.15) is 26.3 Å². The number of aromatic amines is 2. The first-order valence-electron chi connectivity index (χ1n) is 6.59. The first-order valence-corrected chi connectivity index (χ1v) is 6.59. The van der Waals surface area contributed by atoms with Crippen LogP contribution in [0.2, 0.25) is 0 Å². The van der Waals surface area contributed by atoms with Gasteiger partial charge in [0, 0.05) is 0 Å². The standard InChI is InChI=1S/C12H6F6N6O2/c13-11(14,15)7(25)23-9-19-3-1-4-6(2-5(3)21-9)22-10(20-4)24-8(26)12(16,17)18/h1-2H,(H2,19,21,23,25)(H2,20,22,24,26). The number of fused-ring (bicyclic) bond motifs is 2. The van der Waals surface area contributed by atoms with Crippen molar-refractivity contribution in [2.75, 3.05) is 10.6 Å². The molecule has 4 N–H and O–H groups in total. The number of nitrogens with one attached hydrogen (secondary N) is 4. The van der Waals surface area contributed by atoms with Gasteiger partial charge in [-0.05, 0) is 12.1 Å². The quantitative estimate of drug-likeness (QED) is 0.511. The highest BCUT2D eigenvalue weighted by Crippen LogP contribution is 2.24. The maximum atomic E-state index is 12.2.